The molecule has 0 saturated heterocycles. The molecule has 1 aromatic heterocycles. The van der Waals surface area contributed by atoms with E-state index >= 15 is 0 Å². The highest BCUT2D eigenvalue weighted by Crippen LogP contribution is 2.29. The Morgan fingerprint density at radius 1 is 1.15 bits per heavy atom. The Hall–Kier alpha value is -2.66. The minimum Gasteiger partial charge on any atom is -0.436 e. The summed E-state index contributed by atoms with van der Waals surface area (Å²) in [5, 5.41) is 4.99. The van der Waals surface area contributed by atoms with E-state index in [2.05, 4.69) is 29.4 Å². The molecule has 0 spiro atoms. The van der Waals surface area contributed by atoms with Crippen LogP contribution in [0.2, 0.25) is 5.02 Å². The van der Waals surface area contributed by atoms with Gasteiger partial charge in [-0.2, -0.15) is 5.10 Å². The highest BCUT2D eigenvalue weighted by atomic mass is 35.5. The highest BCUT2D eigenvalue weighted by molar-refractivity contribution is 6.30. The minimum absolute atomic E-state index is 0.00105. The van der Waals surface area contributed by atoms with E-state index in [9.17, 15) is 4.79 Å². The number of oxazole rings is 1. The molecule has 0 fully saturated rings. The van der Waals surface area contributed by atoms with E-state index in [0.717, 1.165) is 35.2 Å². The second-order valence-corrected chi connectivity index (χ2v) is 7.30. The van der Waals surface area contributed by atoms with Crippen LogP contribution in [-0.2, 0) is 4.79 Å². The van der Waals surface area contributed by atoms with Crippen molar-refractivity contribution in [1.82, 2.24) is 10.4 Å². The summed E-state index contributed by atoms with van der Waals surface area (Å²) in [6.07, 6.45) is 1.80. The third-order valence-electron chi connectivity index (χ3n) is 5.03. The summed E-state index contributed by atoms with van der Waals surface area (Å²) in [4.78, 5) is 16.7. The van der Waals surface area contributed by atoms with Crippen LogP contribution in [0, 0.1) is 11.8 Å². The van der Waals surface area contributed by atoms with Crippen molar-refractivity contribution in [3.63, 3.8) is 0 Å². The van der Waals surface area contributed by atoms with Crippen LogP contribution in [0.15, 0.2) is 52.0 Å². The van der Waals surface area contributed by atoms with E-state index in [1.165, 1.54) is 0 Å². The van der Waals surface area contributed by atoms with Crippen LogP contribution in [0.1, 0.15) is 32.3 Å². The number of nitrogens with one attached hydrogen (secondary N) is 1. The van der Waals surface area contributed by atoms with Crippen LogP contribution in [-0.4, -0.2) is 16.6 Å². The van der Waals surface area contributed by atoms with Crippen molar-refractivity contribution in [3.05, 3.63) is 53.1 Å². The Morgan fingerprint density at radius 3 is 2.63 bits per heavy atom. The molecule has 27 heavy (non-hydrogen) atoms. The zero-order valence-electron chi connectivity index (χ0n) is 15.2. The van der Waals surface area contributed by atoms with Gasteiger partial charge in [0.05, 0.1) is 5.71 Å². The molecule has 6 heteroatoms. The molecule has 2 atom stereocenters. The maximum absolute atomic E-state index is 12.1. The molecular formula is C21H20ClN3O2. The lowest BCUT2D eigenvalue weighted by molar-refractivity contribution is -0.126. The smallest absolute Gasteiger partial charge is 0.243 e. The third-order valence-corrected chi connectivity index (χ3v) is 5.29. The van der Waals surface area contributed by atoms with E-state index in [-0.39, 0.29) is 17.7 Å². The molecule has 0 bridgehead atoms. The van der Waals surface area contributed by atoms with Gasteiger partial charge in [0.2, 0.25) is 11.8 Å². The molecular weight excluding hydrogens is 362 g/mol. The molecule has 2 heterocycles. The molecule has 1 amide bonds. The number of amides is 1. The normalized spacial score (nSPS) is 19.8. The lowest BCUT2D eigenvalue weighted by Crippen LogP contribution is -2.40. The average molecular weight is 382 g/mol. The summed E-state index contributed by atoms with van der Waals surface area (Å²) in [7, 11) is 0. The molecule has 1 aliphatic rings. The Morgan fingerprint density at radius 2 is 1.89 bits per heavy atom. The molecule has 0 aliphatic carbocycles. The third kappa shape index (κ3) is 3.35. The lowest BCUT2D eigenvalue weighted by Gasteiger charge is -2.27. The zero-order chi connectivity index (χ0) is 19.0. The zero-order valence-corrected chi connectivity index (χ0v) is 16.0. The summed E-state index contributed by atoms with van der Waals surface area (Å²) in [6, 6.07) is 13.2. The second kappa shape index (κ2) is 7.16. The van der Waals surface area contributed by atoms with Crippen molar-refractivity contribution >= 4 is 34.3 Å². The molecule has 138 valence electrons. The first-order chi connectivity index (χ1) is 13.1. The number of fused-ring (bicyclic) bond motifs is 1. The molecule has 2 aromatic carbocycles. The second-order valence-electron chi connectivity index (χ2n) is 6.87. The van der Waals surface area contributed by atoms with Gasteiger partial charge < -0.3 is 4.42 Å². The Balaban J connectivity index is 1.69. The summed E-state index contributed by atoms with van der Waals surface area (Å²) < 4.78 is 5.96. The fourth-order valence-electron chi connectivity index (χ4n) is 3.54. The number of hydrazone groups is 1. The first-order valence-electron chi connectivity index (χ1n) is 9.11. The number of rotatable bonds is 4. The quantitative estimate of drug-likeness (QED) is 0.688. The minimum atomic E-state index is -0.0578. The number of halogens is 1. The van der Waals surface area contributed by atoms with E-state index in [4.69, 9.17) is 16.0 Å². The van der Waals surface area contributed by atoms with Crippen molar-refractivity contribution in [2.75, 3.05) is 0 Å². The Labute approximate surface area is 162 Å². The molecule has 3 aromatic rings. The number of nitrogens with zero attached hydrogens (tertiary/aromatic N) is 2. The number of carbonyl (C=O) groups excluding carboxylic acids is 1. The average Bonchev–Trinajstić information content (AvgIpc) is 3.09. The van der Waals surface area contributed by atoms with Gasteiger partial charge in [-0.25, -0.2) is 10.4 Å². The predicted molar refractivity (Wildman–Crippen MR) is 107 cm³/mol. The van der Waals surface area contributed by atoms with Gasteiger partial charge in [-0.15, -0.1) is 0 Å². The summed E-state index contributed by atoms with van der Waals surface area (Å²) in [5.74, 6) is 0.542. The Bertz CT molecular complexity index is 1020. The van der Waals surface area contributed by atoms with Crippen LogP contribution in [0.25, 0.3) is 22.6 Å². The van der Waals surface area contributed by atoms with Gasteiger partial charge in [-0.3, -0.25) is 4.79 Å². The fourth-order valence-corrected chi connectivity index (χ4v) is 3.66. The van der Waals surface area contributed by atoms with Crippen molar-refractivity contribution in [1.29, 1.82) is 0 Å². The van der Waals surface area contributed by atoms with Gasteiger partial charge in [-0.05, 0) is 42.8 Å². The van der Waals surface area contributed by atoms with Gasteiger partial charge in [-0.1, -0.05) is 37.9 Å². The predicted octanol–water partition coefficient (Wildman–Crippen LogP) is 5.03. The van der Waals surface area contributed by atoms with Crippen molar-refractivity contribution in [3.8, 4) is 11.5 Å². The summed E-state index contributed by atoms with van der Waals surface area (Å²) >= 11 is 5.95. The summed E-state index contributed by atoms with van der Waals surface area (Å²) in [5.41, 5.74) is 6.83. The monoisotopic (exact) mass is 381 g/mol. The standard InChI is InChI=1S/C21H20ClN3O2/c1-3-4-16-12(2)19(24-25-20(16)26)14-7-10-17-18(11-14)27-21(23-17)13-5-8-15(22)9-6-13/h5-12,16H,3-4H2,1-2H3,(H,25,26)/t12-,16-/m1/s1. The number of benzene rings is 2. The van der Waals surface area contributed by atoms with Crippen LogP contribution < -0.4 is 5.43 Å². The van der Waals surface area contributed by atoms with Gasteiger partial charge in [0, 0.05) is 28.0 Å². The van der Waals surface area contributed by atoms with E-state index < -0.39 is 0 Å². The maximum atomic E-state index is 12.1. The number of carbonyl (C=O) groups is 1. The van der Waals surface area contributed by atoms with Gasteiger partial charge in [0.15, 0.2) is 5.58 Å². The largest absolute Gasteiger partial charge is 0.436 e. The number of aromatic nitrogens is 1. The van der Waals surface area contributed by atoms with Crippen LogP contribution in [0.3, 0.4) is 0 Å². The Kier molecular flexibility index (Phi) is 4.70. The van der Waals surface area contributed by atoms with E-state index in [1.807, 2.05) is 42.5 Å². The first kappa shape index (κ1) is 17.7. The fraction of sp³-hybridized carbons (Fsp3) is 0.286. The SMILES string of the molecule is CCC[C@H]1C(=O)NN=C(c2ccc3nc(-c4ccc(Cl)cc4)oc3c2)[C@@H]1C. The van der Waals surface area contributed by atoms with E-state index in [1.54, 1.807) is 0 Å². The topological polar surface area (TPSA) is 67.5 Å². The van der Waals surface area contributed by atoms with E-state index in [0.29, 0.717) is 16.5 Å². The van der Waals surface area contributed by atoms with Gasteiger partial charge >= 0.3 is 0 Å². The molecule has 0 unspecified atom stereocenters. The molecule has 1 aliphatic heterocycles. The van der Waals surface area contributed by atoms with Gasteiger partial charge in [0.25, 0.3) is 0 Å². The van der Waals surface area contributed by atoms with Crippen molar-refractivity contribution < 1.29 is 9.21 Å². The summed E-state index contributed by atoms with van der Waals surface area (Å²) in [6.45, 7) is 4.14. The first-order valence-corrected chi connectivity index (χ1v) is 9.49. The van der Waals surface area contributed by atoms with Crippen LogP contribution in [0.5, 0.6) is 0 Å². The highest BCUT2D eigenvalue weighted by Gasteiger charge is 2.32. The lowest BCUT2D eigenvalue weighted by atomic mass is 9.82. The maximum Gasteiger partial charge on any atom is 0.243 e. The van der Waals surface area contributed by atoms with Crippen molar-refractivity contribution in [2.45, 2.75) is 26.7 Å². The van der Waals surface area contributed by atoms with Crippen LogP contribution in [0.4, 0.5) is 0 Å². The molecule has 0 radical (unpaired) electrons. The van der Waals surface area contributed by atoms with Crippen molar-refractivity contribution in [2.24, 2.45) is 16.9 Å². The molecule has 5 nitrogen and oxygen atoms in total. The molecule has 4 rings (SSSR count). The van der Waals surface area contributed by atoms with Gasteiger partial charge in [0.1, 0.15) is 5.52 Å². The number of hydrogen-bond acceptors (Lipinski definition) is 4. The van der Waals surface area contributed by atoms with Crippen LogP contribution >= 0.6 is 11.6 Å². The number of hydrogen-bond donors (Lipinski definition) is 1. The molecule has 0 saturated carbocycles. The molecule has 1 N–H and O–H groups in total.